The Kier molecular flexibility index (Phi) is 12.3. The SMILES string of the molecule is CCC(CC)c1cc(C(=O)Nc2cc(B3OC(C)(C)C(C)(C)O3)c(C)cc2F)ccn1.CCF.[B]C. The quantitative estimate of drug-likeness (QED) is 0.483. The van der Waals surface area contributed by atoms with E-state index in [1.807, 2.05) is 27.7 Å². The van der Waals surface area contributed by atoms with Gasteiger partial charge in [-0.3, -0.25) is 14.2 Å². The Morgan fingerprint density at radius 1 is 1.08 bits per heavy atom. The predicted octanol–water partition coefficient (Wildman–Crippen LogP) is 6.16. The molecule has 0 bridgehead atoms. The van der Waals surface area contributed by atoms with E-state index < -0.39 is 24.1 Å². The van der Waals surface area contributed by atoms with E-state index in [0.29, 0.717) is 22.5 Å². The van der Waals surface area contributed by atoms with Crippen molar-refractivity contribution in [2.45, 2.75) is 92.2 Å². The highest BCUT2D eigenvalue weighted by atomic mass is 19.1. The van der Waals surface area contributed by atoms with E-state index in [-0.39, 0.29) is 18.3 Å². The van der Waals surface area contributed by atoms with Crippen LogP contribution in [0.25, 0.3) is 0 Å². The maximum Gasteiger partial charge on any atom is 0.495 e. The number of aryl methyl sites for hydroxylation is 1. The molecule has 0 saturated carbocycles. The highest BCUT2D eigenvalue weighted by Gasteiger charge is 2.52. The average molecular weight is 500 g/mol. The highest BCUT2D eigenvalue weighted by Crippen LogP contribution is 2.37. The number of benzene rings is 1. The maximum atomic E-state index is 14.7. The molecule has 3 rings (SSSR count). The number of amides is 1. The zero-order chi connectivity index (χ0) is 27.7. The molecule has 2 heterocycles. The highest BCUT2D eigenvalue weighted by molar-refractivity contribution is 6.62. The normalized spacial score (nSPS) is 15.5. The van der Waals surface area contributed by atoms with Gasteiger partial charge in [-0.25, -0.2) is 4.39 Å². The van der Waals surface area contributed by atoms with E-state index in [2.05, 4.69) is 32.0 Å². The molecule has 0 aliphatic carbocycles. The molecular formula is C27H40B2F2N2O3. The van der Waals surface area contributed by atoms with Crippen LogP contribution in [0.2, 0.25) is 6.82 Å². The Bertz CT molecular complexity index is 983. The van der Waals surface area contributed by atoms with E-state index in [1.165, 1.54) is 19.8 Å². The van der Waals surface area contributed by atoms with Crippen LogP contribution < -0.4 is 10.8 Å². The topological polar surface area (TPSA) is 60.5 Å². The lowest BCUT2D eigenvalue weighted by molar-refractivity contribution is 0.00578. The van der Waals surface area contributed by atoms with Crippen molar-refractivity contribution < 1.29 is 22.9 Å². The van der Waals surface area contributed by atoms with E-state index in [1.54, 1.807) is 31.3 Å². The second-order valence-corrected chi connectivity index (χ2v) is 9.48. The van der Waals surface area contributed by atoms with Crippen LogP contribution in [0.15, 0.2) is 30.5 Å². The smallest absolute Gasteiger partial charge is 0.399 e. The second kappa shape index (κ2) is 13.9. The number of halogens is 2. The Labute approximate surface area is 217 Å². The van der Waals surface area contributed by atoms with Gasteiger partial charge in [0.05, 0.1) is 31.4 Å². The molecule has 0 atom stereocenters. The molecule has 1 N–H and O–H groups in total. The van der Waals surface area contributed by atoms with Crippen LogP contribution in [0.1, 0.15) is 88.8 Å². The summed E-state index contributed by atoms with van der Waals surface area (Å²) in [4.78, 5) is 17.3. The summed E-state index contributed by atoms with van der Waals surface area (Å²) in [6.45, 7) is 16.6. The number of hydrogen-bond donors (Lipinski definition) is 1. The number of nitrogens with zero attached hydrogens (tertiary/aromatic N) is 1. The molecule has 196 valence electrons. The molecule has 0 spiro atoms. The van der Waals surface area contributed by atoms with Crippen molar-refractivity contribution in [3.63, 3.8) is 0 Å². The van der Waals surface area contributed by atoms with Gasteiger partial charge in [0.2, 0.25) is 0 Å². The first kappa shape index (κ1) is 31.8. The lowest BCUT2D eigenvalue weighted by atomic mass is 9.76. The first-order valence-electron chi connectivity index (χ1n) is 12.5. The Hall–Kier alpha value is -2.25. The monoisotopic (exact) mass is 500 g/mol. The number of pyridine rings is 1. The summed E-state index contributed by atoms with van der Waals surface area (Å²) in [6, 6.07) is 6.43. The molecule has 9 heteroatoms. The first-order chi connectivity index (χ1) is 16.9. The van der Waals surface area contributed by atoms with Crippen molar-refractivity contribution in [2.24, 2.45) is 0 Å². The zero-order valence-electron chi connectivity index (χ0n) is 23.2. The van der Waals surface area contributed by atoms with Crippen molar-refractivity contribution in [1.82, 2.24) is 4.98 Å². The third-order valence-corrected chi connectivity index (χ3v) is 6.56. The summed E-state index contributed by atoms with van der Waals surface area (Å²) >= 11 is 0. The molecule has 1 amide bonds. The van der Waals surface area contributed by atoms with Gasteiger partial charge in [0, 0.05) is 23.4 Å². The minimum Gasteiger partial charge on any atom is -0.399 e. The predicted molar refractivity (Wildman–Crippen MR) is 146 cm³/mol. The molecule has 1 aromatic heterocycles. The van der Waals surface area contributed by atoms with E-state index in [9.17, 15) is 13.6 Å². The molecule has 2 radical (unpaired) electrons. The van der Waals surface area contributed by atoms with Crippen molar-refractivity contribution in [2.75, 3.05) is 12.0 Å². The molecule has 1 aliphatic rings. The Morgan fingerprint density at radius 3 is 2.11 bits per heavy atom. The molecule has 0 unspecified atom stereocenters. The minimum absolute atomic E-state index is 0.0983. The third kappa shape index (κ3) is 7.62. The molecule has 1 aliphatic heterocycles. The van der Waals surface area contributed by atoms with Crippen molar-refractivity contribution in [3.8, 4) is 0 Å². The van der Waals surface area contributed by atoms with E-state index in [0.717, 1.165) is 18.5 Å². The third-order valence-electron chi connectivity index (χ3n) is 6.56. The van der Waals surface area contributed by atoms with Crippen LogP contribution in [-0.2, 0) is 9.31 Å². The zero-order valence-corrected chi connectivity index (χ0v) is 23.2. The fraction of sp³-hybridized carbons (Fsp3) is 0.556. The lowest BCUT2D eigenvalue weighted by Gasteiger charge is -2.32. The standard InChI is InChI=1S/C24H32BFN2O3.C2H5F.CH3B/c1-8-16(9-2)20-13-17(10-11-27-20)22(29)28-21-14-18(15(3)12-19(21)26)25-30-23(4,5)24(6,7)31-25;1-2-3;1-2/h10-14,16H,8-9H2,1-7H3,(H,28,29);2H2,1H3;1H3. The summed E-state index contributed by atoms with van der Waals surface area (Å²) < 4.78 is 37.2. The Balaban J connectivity index is 0.00000120. The molecule has 1 saturated heterocycles. The van der Waals surface area contributed by atoms with Gasteiger partial charge >= 0.3 is 7.12 Å². The molecule has 2 aromatic rings. The number of hydrogen-bond acceptors (Lipinski definition) is 4. The number of alkyl halides is 1. The second-order valence-electron chi connectivity index (χ2n) is 9.48. The van der Waals surface area contributed by atoms with Gasteiger partial charge in [-0.15, -0.1) is 0 Å². The minimum atomic E-state index is -0.636. The molecule has 1 aromatic carbocycles. The van der Waals surface area contributed by atoms with Crippen LogP contribution in [0, 0.1) is 12.7 Å². The van der Waals surface area contributed by atoms with Gasteiger partial charge in [0.1, 0.15) is 5.82 Å². The van der Waals surface area contributed by atoms with Crippen LogP contribution in [-0.4, -0.2) is 43.7 Å². The first-order valence-corrected chi connectivity index (χ1v) is 12.5. The average Bonchev–Trinajstić information content (AvgIpc) is 3.05. The van der Waals surface area contributed by atoms with Crippen molar-refractivity contribution >= 4 is 32.0 Å². The number of rotatable bonds is 6. The molecular weight excluding hydrogens is 460 g/mol. The summed E-state index contributed by atoms with van der Waals surface area (Å²) in [5.41, 5.74) is 1.81. The van der Waals surface area contributed by atoms with Gasteiger partial charge in [-0.1, -0.05) is 20.7 Å². The van der Waals surface area contributed by atoms with Crippen LogP contribution in [0.3, 0.4) is 0 Å². The number of anilines is 1. The molecule has 36 heavy (non-hydrogen) atoms. The van der Waals surface area contributed by atoms with Crippen molar-refractivity contribution in [1.29, 1.82) is 0 Å². The lowest BCUT2D eigenvalue weighted by Crippen LogP contribution is -2.41. The maximum absolute atomic E-state index is 14.7. The number of aromatic nitrogens is 1. The fourth-order valence-corrected chi connectivity index (χ4v) is 3.72. The van der Waals surface area contributed by atoms with Gasteiger partial charge in [0.25, 0.3) is 5.91 Å². The summed E-state index contributed by atoms with van der Waals surface area (Å²) in [5.74, 6) is -0.587. The van der Waals surface area contributed by atoms with Gasteiger partial charge in [-0.05, 0) is 89.7 Å². The molecule has 5 nitrogen and oxygen atoms in total. The fourth-order valence-electron chi connectivity index (χ4n) is 3.72. The van der Waals surface area contributed by atoms with E-state index >= 15 is 0 Å². The summed E-state index contributed by atoms with van der Waals surface area (Å²) in [6.07, 6.45) is 3.51. The number of carbonyl (C=O) groups is 1. The van der Waals surface area contributed by atoms with Crippen LogP contribution in [0.5, 0.6) is 0 Å². The van der Waals surface area contributed by atoms with Crippen LogP contribution >= 0.6 is 0 Å². The number of carbonyl (C=O) groups excluding carboxylic acids is 1. The van der Waals surface area contributed by atoms with Crippen LogP contribution in [0.4, 0.5) is 14.5 Å². The van der Waals surface area contributed by atoms with Gasteiger partial charge in [0.15, 0.2) is 0 Å². The van der Waals surface area contributed by atoms with Crippen molar-refractivity contribution in [3.05, 3.63) is 53.1 Å². The largest absolute Gasteiger partial charge is 0.495 e. The number of nitrogens with one attached hydrogen (secondary N) is 1. The molecule has 1 fully saturated rings. The summed E-state index contributed by atoms with van der Waals surface area (Å²) in [5, 5.41) is 2.71. The van der Waals surface area contributed by atoms with Gasteiger partial charge in [-0.2, -0.15) is 0 Å². The summed E-state index contributed by atoms with van der Waals surface area (Å²) in [7, 11) is 3.86. The van der Waals surface area contributed by atoms with Gasteiger partial charge < -0.3 is 14.6 Å². The van der Waals surface area contributed by atoms with E-state index in [4.69, 9.17) is 9.31 Å². The Morgan fingerprint density at radius 2 is 1.61 bits per heavy atom.